The molecule has 0 bridgehead atoms. The minimum atomic E-state index is 0.404. The van der Waals surface area contributed by atoms with Crippen LogP contribution in [0.3, 0.4) is 0 Å². The SMILES string of the molecule is CCN=C(NC1CCN(CCOC)CC1)NC1C2CCOC2C12CCC2. The third-order valence-electron chi connectivity index (χ3n) is 7.18. The van der Waals surface area contributed by atoms with Crippen molar-refractivity contribution in [2.75, 3.05) is 46.5 Å². The molecule has 2 saturated carbocycles. The number of piperidine rings is 1. The molecule has 148 valence electrons. The Morgan fingerprint density at radius 3 is 2.69 bits per heavy atom. The van der Waals surface area contributed by atoms with Gasteiger partial charge in [-0.25, -0.2) is 0 Å². The summed E-state index contributed by atoms with van der Waals surface area (Å²) < 4.78 is 11.3. The number of likely N-dealkylation sites (tertiary alicyclic amines) is 1. The Hall–Kier alpha value is -0.850. The molecule has 2 aliphatic heterocycles. The number of rotatable bonds is 6. The van der Waals surface area contributed by atoms with Gasteiger partial charge in [0.15, 0.2) is 5.96 Å². The molecule has 2 N–H and O–H groups in total. The molecule has 6 nitrogen and oxygen atoms in total. The van der Waals surface area contributed by atoms with E-state index >= 15 is 0 Å². The maximum absolute atomic E-state index is 6.06. The summed E-state index contributed by atoms with van der Waals surface area (Å²) in [7, 11) is 1.78. The van der Waals surface area contributed by atoms with E-state index in [0.717, 1.165) is 45.4 Å². The molecule has 4 rings (SSSR count). The first-order valence-corrected chi connectivity index (χ1v) is 10.7. The normalized spacial score (nSPS) is 34.2. The smallest absolute Gasteiger partial charge is 0.191 e. The van der Waals surface area contributed by atoms with E-state index in [9.17, 15) is 0 Å². The van der Waals surface area contributed by atoms with E-state index in [2.05, 4.69) is 22.5 Å². The Morgan fingerprint density at radius 2 is 2.04 bits per heavy atom. The molecular formula is C20H36N4O2. The molecule has 0 aromatic heterocycles. The van der Waals surface area contributed by atoms with Gasteiger partial charge in [0.2, 0.25) is 0 Å². The zero-order valence-electron chi connectivity index (χ0n) is 16.5. The van der Waals surface area contributed by atoms with Crippen molar-refractivity contribution in [3.05, 3.63) is 0 Å². The van der Waals surface area contributed by atoms with Crippen LogP contribution in [0.4, 0.5) is 0 Å². The Labute approximate surface area is 158 Å². The van der Waals surface area contributed by atoms with E-state index in [4.69, 9.17) is 14.5 Å². The second kappa shape index (κ2) is 8.03. The first-order valence-electron chi connectivity index (χ1n) is 10.7. The molecule has 3 unspecified atom stereocenters. The number of hydrogen-bond donors (Lipinski definition) is 2. The molecule has 6 heteroatoms. The number of nitrogens with zero attached hydrogens (tertiary/aromatic N) is 2. The predicted octanol–water partition coefficient (Wildman–Crippen LogP) is 1.61. The summed E-state index contributed by atoms with van der Waals surface area (Å²) in [6.45, 7) is 8.06. The molecule has 4 aliphatic rings. The van der Waals surface area contributed by atoms with Crippen molar-refractivity contribution in [1.82, 2.24) is 15.5 Å². The molecule has 0 radical (unpaired) electrons. The van der Waals surface area contributed by atoms with Crippen LogP contribution in [0, 0.1) is 11.3 Å². The van der Waals surface area contributed by atoms with Crippen molar-refractivity contribution < 1.29 is 9.47 Å². The Morgan fingerprint density at radius 1 is 1.23 bits per heavy atom. The number of hydrogen-bond acceptors (Lipinski definition) is 4. The van der Waals surface area contributed by atoms with Crippen LogP contribution >= 0.6 is 0 Å². The third-order valence-corrected chi connectivity index (χ3v) is 7.18. The van der Waals surface area contributed by atoms with Gasteiger partial charge in [0, 0.05) is 63.3 Å². The molecule has 3 atom stereocenters. The second-order valence-electron chi connectivity index (χ2n) is 8.53. The maximum atomic E-state index is 6.06. The lowest BCUT2D eigenvalue weighted by Gasteiger charge is -2.63. The monoisotopic (exact) mass is 364 g/mol. The fraction of sp³-hybridized carbons (Fsp3) is 0.950. The average Bonchev–Trinajstić information content (AvgIpc) is 3.03. The maximum Gasteiger partial charge on any atom is 0.191 e. The highest BCUT2D eigenvalue weighted by molar-refractivity contribution is 5.80. The zero-order valence-corrected chi connectivity index (χ0v) is 16.5. The first-order chi connectivity index (χ1) is 12.8. The summed E-state index contributed by atoms with van der Waals surface area (Å²) in [5, 5.41) is 7.58. The summed E-state index contributed by atoms with van der Waals surface area (Å²) in [6.07, 6.45) is 8.09. The topological polar surface area (TPSA) is 58.1 Å². The Kier molecular flexibility index (Phi) is 5.72. The van der Waals surface area contributed by atoms with Gasteiger partial charge in [-0.1, -0.05) is 6.42 Å². The molecule has 0 amide bonds. The molecule has 0 aromatic rings. The van der Waals surface area contributed by atoms with Crippen LogP contribution in [0.5, 0.6) is 0 Å². The molecule has 2 aliphatic carbocycles. The minimum absolute atomic E-state index is 0.404. The number of ether oxygens (including phenoxy) is 2. The van der Waals surface area contributed by atoms with Gasteiger partial charge in [-0.15, -0.1) is 0 Å². The lowest BCUT2D eigenvalue weighted by molar-refractivity contribution is -0.171. The van der Waals surface area contributed by atoms with Gasteiger partial charge >= 0.3 is 0 Å². The van der Waals surface area contributed by atoms with E-state index in [1.807, 2.05) is 0 Å². The lowest BCUT2D eigenvalue weighted by atomic mass is 9.46. The van der Waals surface area contributed by atoms with Crippen LogP contribution < -0.4 is 10.6 Å². The van der Waals surface area contributed by atoms with E-state index < -0.39 is 0 Å². The summed E-state index contributed by atoms with van der Waals surface area (Å²) in [6, 6.07) is 1.09. The predicted molar refractivity (Wildman–Crippen MR) is 104 cm³/mol. The van der Waals surface area contributed by atoms with Crippen molar-refractivity contribution in [2.45, 2.75) is 63.6 Å². The van der Waals surface area contributed by atoms with E-state index in [1.54, 1.807) is 7.11 Å². The van der Waals surface area contributed by atoms with Gasteiger partial charge in [0.05, 0.1) is 12.7 Å². The van der Waals surface area contributed by atoms with Crippen LogP contribution in [0.15, 0.2) is 4.99 Å². The summed E-state index contributed by atoms with van der Waals surface area (Å²) in [4.78, 5) is 7.27. The second-order valence-corrected chi connectivity index (χ2v) is 8.53. The summed E-state index contributed by atoms with van der Waals surface area (Å²) in [5.74, 6) is 1.72. The fourth-order valence-electron chi connectivity index (χ4n) is 5.61. The Balaban J connectivity index is 1.31. The molecule has 1 spiro atoms. The first kappa shape index (κ1) is 18.5. The molecule has 2 heterocycles. The van der Waals surface area contributed by atoms with Gasteiger partial charge in [-0.2, -0.15) is 0 Å². The largest absolute Gasteiger partial charge is 0.383 e. The number of nitrogens with one attached hydrogen (secondary N) is 2. The fourth-order valence-corrected chi connectivity index (χ4v) is 5.61. The van der Waals surface area contributed by atoms with Crippen molar-refractivity contribution in [1.29, 1.82) is 0 Å². The van der Waals surface area contributed by atoms with Crippen LogP contribution in [0.1, 0.15) is 45.4 Å². The van der Waals surface area contributed by atoms with Crippen molar-refractivity contribution in [2.24, 2.45) is 16.3 Å². The van der Waals surface area contributed by atoms with Gasteiger partial charge in [-0.05, 0) is 39.0 Å². The minimum Gasteiger partial charge on any atom is -0.383 e. The summed E-state index contributed by atoms with van der Waals surface area (Å²) in [5.41, 5.74) is 0.404. The molecule has 2 saturated heterocycles. The third kappa shape index (κ3) is 3.36. The van der Waals surface area contributed by atoms with Crippen molar-refractivity contribution >= 4 is 5.96 Å². The lowest BCUT2D eigenvalue weighted by Crippen LogP contribution is -2.72. The number of methoxy groups -OCH3 is 1. The van der Waals surface area contributed by atoms with Crippen molar-refractivity contribution in [3.8, 4) is 0 Å². The van der Waals surface area contributed by atoms with Gasteiger partial charge in [-0.3, -0.25) is 4.99 Å². The van der Waals surface area contributed by atoms with Crippen LogP contribution in [0.25, 0.3) is 0 Å². The highest BCUT2D eigenvalue weighted by Gasteiger charge is 2.66. The Bertz CT molecular complexity index is 500. The van der Waals surface area contributed by atoms with Gasteiger partial charge in [0.1, 0.15) is 0 Å². The van der Waals surface area contributed by atoms with Gasteiger partial charge in [0.25, 0.3) is 0 Å². The quantitative estimate of drug-likeness (QED) is 0.554. The van der Waals surface area contributed by atoms with E-state index in [1.165, 1.54) is 38.5 Å². The molecule has 0 aromatic carbocycles. The van der Waals surface area contributed by atoms with Gasteiger partial charge < -0.3 is 25.0 Å². The standard InChI is InChI=1S/C20H36N4O2/c1-3-21-19(22-15-5-10-24(11-6-15)12-14-25-2)23-17-16-7-13-26-18(16)20(17)8-4-9-20/h15-18H,3-14H2,1-2H3,(H2,21,22,23). The van der Waals surface area contributed by atoms with Crippen molar-refractivity contribution in [3.63, 3.8) is 0 Å². The van der Waals surface area contributed by atoms with Crippen LogP contribution in [0.2, 0.25) is 0 Å². The number of fused-ring (bicyclic) bond motifs is 2. The van der Waals surface area contributed by atoms with E-state index in [-0.39, 0.29) is 0 Å². The molecule has 26 heavy (non-hydrogen) atoms. The van der Waals surface area contributed by atoms with E-state index in [0.29, 0.717) is 29.5 Å². The number of aliphatic imine (C=N–C) groups is 1. The van der Waals surface area contributed by atoms with Crippen LogP contribution in [-0.2, 0) is 9.47 Å². The average molecular weight is 365 g/mol. The summed E-state index contributed by atoms with van der Waals surface area (Å²) >= 11 is 0. The highest BCUT2D eigenvalue weighted by Crippen LogP contribution is 2.62. The van der Waals surface area contributed by atoms with Crippen LogP contribution in [-0.4, -0.2) is 75.5 Å². The highest BCUT2D eigenvalue weighted by atomic mass is 16.5. The molecular weight excluding hydrogens is 328 g/mol. The molecule has 4 fully saturated rings. The zero-order chi connectivity index (χ0) is 18.0. The number of guanidine groups is 1.